The minimum absolute atomic E-state index is 0.372. The van der Waals surface area contributed by atoms with E-state index in [0.717, 1.165) is 5.56 Å². The molecule has 0 radical (unpaired) electrons. The zero-order valence-electron chi connectivity index (χ0n) is 8.73. The summed E-state index contributed by atoms with van der Waals surface area (Å²) < 4.78 is 5.06. The average Bonchev–Trinajstić information content (AvgIpc) is 2.18. The molecule has 1 N–H and O–H groups in total. The average molecular weight is 241 g/mol. The maximum atomic E-state index is 11.2. The summed E-state index contributed by atoms with van der Waals surface area (Å²) in [7, 11) is 0. The predicted octanol–water partition coefficient (Wildman–Crippen LogP) is 2.54. The molecular formula is C12H13ClO3. The Balaban J connectivity index is 2.11. The third-order valence-electron chi connectivity index (χ3n) is 2.85. The maximum Gasteiger partial charge on any atom is 0.310 e. The summed E-state index contributed by atoms with van der Waals surface area (Å²) >= 11 is 5.77. The van der Waals surface area contributed by atoms with Crippen molar-refractivity contribution in [3.8, 4) is 0 Å². The predicted molar refractivity (Wildman–Crippen MR) is 60.8 cm³/mol. The molecule has 4 heteroatoms. The molecule has 1 aromatic carbocycles. The second-order valence-electron chi connectivity index (χ2n) is 4.08. The Labute approximate surface area is 99.0 Å². The standard InChI is InChI=1S/C12H13ClO3/c13-10-3-1-9(2-4-10)11(12(14)15)5-8-6-16-7-8/h1-4,8,11H,5-7H2,(H,14,15). The molecule has 0 amide bonds. The number of benzene rings is 1. The SMILES string of the molecule is O=C(O)C(CC1COC1)c1ccc(Cl)cc1. The molecule has 0 spiro atoms. The van der Waals surface area contributed by atoms with Crippen LogP contribution in [0.15, 0.2) is 24.3 Å². The second kappa shape index (κ2) is 4.85. The zero-order valence-corrected chi connectivity index (χ0v) is 9.48. The first kappa shape index (κ1) is 11.4. The fourth-order valence-corrected chi connectivity index (χ4v) is 1.95. The van der Waals surface area contributed by atoms with E-state index < -0.39 is 11.9 Å². The highest BCUT2D eigenvalue weighted by atomic mass is 35.5. The number of carbonyl (C=O) groups is 1. The fraction of sp³-hybridized carbons (Fsp3) is 0.417. The number of rotatable bonds is 4. The number of ether oxygens (including phenoxy) is 1. The largest absolute Gasteiger partial charge is 0.481 e. The van der Waals surface area contributed by atoms with Gasteiger partial charge in [-0.1, -0.05) is 23.7 Å². The highest BCUT2D eigenvalue weighted by Gasteiger charge is 2.28. The monoisotopic (exact) mass is 240 g/mol. The van der Waals surface area contributed by atoms with Gasteiger partial charge in [0, 0.05) is 10.9 Å². The minimum atomic E-state index is -0.783. The van der Waals surface area contributed by atoms with Crippen LogP contribution in [0, 0.1) is 5.92 Å². The molecule has 2 rings (SSSR count). The van der Waals surface area contributed by atoms with Crippen LogP contribution in [-0.2, 0) is 9.53 Å². The first-order valence-corrected chi connectivity index (χ1v) is 5.60. The summed E-state index contributed by atoms with van der Waals surface area (Å²) in [5.74, 6) is -0.864. The van der Waals surface area contributed by atoms with Crippen molar-refractivity contribution in [1.29, 1.82) is 0 Å². The van der Waals surface area contributed by atoms with Gasteiger partial charge in [0.1, 0.15) is 0 Å². The third-order valence-corrected chi connectivity index (χ3v) is 3.10. The van der Waals surface area contributed by atoms with Crippen molar-refractivity contribution < 1.29 is 14.6 Å². The fourth-order valence-electron chi connectivity index (χ4n) is 1.83. The highest BCUT2D eigenvalue weighted by molar-refractivity contribution is 6.30. The van der Waals surface area contributed by atoms with Gasteiger partial charge in [0.25, 0.3) is 0 Å². The molecular weight excluding hydrogens is 228 g/mol. The molecule has 86 valence electrons. The summed E-state index contributed by atoms with van der Waals surface area (Å²) in [6.45, 7) is 1.36. The lowest BCUT2D eigenvalue weighted by Gasteiger charge is -2.28. The smallest absolute Gasteiger partial charge is 0.310 e. The Morgan fingerprint density at radius 2 is 2.06 bits per heavy atom. The molecule has 0 aliphatic carbocycles. The first-order chi connectivity index (χ1) is 7.66. The van der Waals surface area contributed by atoms with Crippen LogP contribution in [-0.4, -0.2) is 24.3 Å². The van der Waals surface area contributed by atoms with Crippen LogP contribution < -0.4 is 0 Å². The highest BCUT2D eigenvalue weighted by Crippen LogP contribution is 2.28. The van der Waals surface area contributed by atoms with Crippen LogP contribution >= 0.6 is 11.6 Å². The number of hydrogen-bond acceptors (Lipinski definition) is 2. The van der Waals surface area contributed by atoms with E-state index in [1.807, 2.05) is 0 Å². The number of hydrogen-bond donors (Lipinski definition) is 1. The molecule has 1 aliphatic heterocycles. The number of carboxylic acid groups (broad SMARTS) is 1. The van der Waals surface area contributed by atoms with Crippen molar-refractivity contribution in [2.75, 3.05) is 13.2 Å². The van der Waals surface area contributed by atoms with Crippen LogP contribution in [0.3, 0.4) is 0 Å². The van der Waals surface area contributed by atoms with Gasteiger partial charge < -0.3 is 9.84 Å². The lowest BCUT2D eigenvalue weighted by atomic mass is 9.88. The van der Waals surface area contributed by atoms with Gasteiger partial charge in [-0.3, -0.25) is 4.79 Å². The Bertz CT molecular complexity index is 370. The van der Waals surface area contributed by atoms with Gasteiger partial charge >= 0.3 is 5.97 Å². The molecule has 0 bridgehead atoms. The van der Waals surface area contributed by atoms with Crippen molar-refractivity contribution in [2.24, 2.45) is 5.92 Å². The summed E-state index contributed by atoms with van der Waals surface area (Å²) in [4.78, 5) is 11.2. The van der Waals surface area contributed by atoms with Crippen molar-refractivity contribution in [2.45, 2.75) is 12.3 Å². The van der Waals surface area contributed by atoms with Gasteiger partial charge in [0.2, 0.25) is 0 Å². The topological polar surface area (TPSA) is 46.5 Å². The van der Waals surface area contributed by atoms with Crippen LogP contribution in [0.1, 0.15) is 17.9 Å². The van der Waals surface area contributed by atoms with E-state index in [4.69, 9.17) is 16.3 Å². The number of halogens is 1. The van der Waals surface area contributed by atoms with Gasteiger partial charge in [-0.15, -0.1) is 0 Å². The number of aliphatic carboxylic acids is 1. The minimum Gasteiger partial charge on any atom is -0.481 e. The summed E-state index contributed by atoms with van der Waals surface area (Å²) in [6, 6.07) is 7.01. The van der Waals surface area contributed by atoms with Crippen molar-refractivity contribution in [3.05, 3.63) is 34.9 Å². The molecule has 1 aromatic rings. The molecule has 1 saturated heterocycles. The van der Waals surface area contributed by atoms with Crippen molar-refractivity contribution in [3.63, 3.8) is 0 Å². The van der Waals surface area contributed by atoms with E-state index in [2.05, 4.69) is 0 Å². The maximum absolute atomic E-state index is 11.2. The lowest BCUT2D eigenvalue weighted by molar-refractivity contribution is -0.140. The number of carboxylic acids is 1. The zero-order chi connectivity index (χ0) is 11.5. The molecule has 1 atom stereocenters. The molecule has 1 heterocycles. The van der Waals surface area contributed by atoms with Crippen LogP contribution in [0.5, 0.6) is 0 Å². The first-order valence-electron chi connectivity index (χ1n) is 5.23. The second-order valence-corrected chi connectivity index (χ2v) is 4.52. The van der Waals surface area contributed by atoms with E-state index in [-0.39, 0.29) is 0 Å². The van der Waals surface area contributed by atoms with Gasteiger partial charge in [-0.25, -0.2) is 0 Å². The van der Waals surface area contributed by atoms with Crippen LogP contribution in [0.25, 0.3) is 0 Å². The van der Waals surface area contributed by atoms with Gasteiger partial charge in [-0.2, -0.15) is 0 Å². The summed E-state index contributed by atoms with van der Waals surface area (Å²) in [5.41, 5.74) is 0.809. The molecule has 0 saturated carbocycles. The van der Waals surface area contributed by atoms with E-state index in [1.54, 1.807) is 24.3 Å². The molecule has 16 heavy (non-hydrogen) atoms. The lowest BCUT2D eigenvalue weighted by Crippen LogP contribution is -2.30. The molecule has 1 aliphatic rings. The van der Waals surface area contributed by atoms with Crippen LogP contribution in [0.4, 0.5) is 0 Å². The van der Waals surface area contributed by atoms with E-state index in [0.29, 0.717) is 30.6 Å². The van der Waals surface area contributed by atoms with Crippen molar-refractivity contribution in [1.82, 2.24) is 0 Å². The van der Waals surface area contributed by atoms with Crippen LogP contribution in [0.2, 0.25) is 5.02 Å². The Kier molecular flexibility index (Phi) is 3.46. The van der Waals surface area contributed by atoms with E-state index in [1.165, 1.54) is 0 Å². The van der Waals surface area contributed by atoms with Gasteiger partial charge in [0.15, 0.2) is 0 Å². The third kappa shape index (κ3) is 2.54. The molecule has 3 nitrogen and oxygen atoms in total. The Hall–Kier alpha value is -1.06. The van der Waals surface area contributed by atoms with E-state index >= 15 is 0 Å². The molecule has 1 unspecified atom stereocenters. The molecule has 1 fully saturated rings. The summed E-state index contributed by atoms with van der Waals surface area (Å²) in [5, 5.41) is 9.82. The summed E-state index contributed by atoms with van der Waals surface area (Å²) in [6.07, 6.45) is 0.636. The normalized spacial score (nSPS) is 17.8. The Morgan fingerprint density at radius 1 is 1.44 bits per heavy atom. The van der Waals surface area contributed by atoms with Gasteiger partial charge in [-0.05, 0) is 24.1 Å². The van der Waals surface area contributed by atoms with Gasteiger partial charge in [0.05, 0.1) is 19.1 Å². The Morgan fingerprint density at radius 3 is 2.50 bits per heavy atom. The van der Waals surface area contributed by atoms with Crippen molar-refractivity contribution >= 4 is 17.6 Å². The molecule has 0 aromatic heterocycles. The quantitative estimate of drug-likeness (QED) is 0.880. The van der Waals surface area contributed by atoms with E-state index in [9.17, 15) is 9.90 Å².